The van der Waals surface area contributed by atoms with Gasteiger partial charge in [0.05, 0.1) is 10.7 Å². The summed E-state index contributed by atoms with van der Waals surface area (Å²) in [7, 11) is 0. The van der Waals surface area contributed by atoms with Gasteiger partial charge in [-0.3, -0.25) is 9.59 Å². The Morgan fingerprint density at radius 1 is 1.12 bits per heavy atom. The van der Waals surface area contributed by atoms with Crippen molar-refractivity contribution in [2.75, 3.05) is 18.4 Å². The van der Waals surface area contributed by atoms with Crippen LogP contribution in [0.3, 0.4) is 0 Å². The third-order valence-corrected chi connectivity index (χ3v) is 5.81. The minimum Gasteiger partial charge on any atom is -0.339 e. The van der Waals surface area contributed by atoms with E-state index in [0.29, 0.717) is 28.1 Å². The monoisotopic (exact) mass is 344 g/mol. The summed E-state index contributed by atoms with van der Waals surface area (Å²) in [5.74, 6) is 0.948. The fourth-order valence-electron chi connectivity index (χ4n) is 4.16. The van der Waals surface area contributed by atoms with Gasteiger partial charge in [0.25, 0.3) is 5.91 Å². The van der Waals surface area contributed by atoms with Gasteiger partial charge in [-0.25, -0.2) is 0 Å². The third-order valence-electron chi connectivity index (χ3n) is 5.48. The number of nitrogens with one attached hydrogen (secondary N) is 1. The second-order valence-electron chi connectivity index (χ2n) is 7.07. The molecule has 1 aromatic carbocycles. The summed E-state index contributed by atoms with van der Waals surface area (Å²) in [6.07, 6.45) is 8.49. The average Bonchev–Trinajstić information content (AvgIpc) is 3.33. The third kappa shape index (κ3) is 2.84. The Morgan fingerprint density at radius 2 is 1.92 bits per heavy atom. The molecule has 1 saturated heterocycles. The van der Waals surface area contributed by atoms with Crippen LogP contribution in [-0.2, 0) is 4.79 Å². The Morgan fingerprint density at radius 3 is 2.58 bits per heavy atom. The number of carbonyl (C=O) groups excluding carboxylic acids is 2. The lowest BCUT2D eigenvalue weighted by Crippen LogP contribution is -2.28. The van der Waals surface area contributed by atoms with E-state index in [-0.39, 0.29) is 17.7 Å². The average molecular weight is 345 g/mol. The molecular weight excluding hydrogens is 324 g/mol. The highest BCUT2D eigenvalue weighted by atomic mass is 35.5. The predicted octanol–water partition coefficient (Wildman–Crippen LogP) is 3.73. The van der Waals surface area contributed by atoms with Gasteiger partial charge in [0, 0.05) is 24.6 Å². The van der Waals surface area contributed by atoms with Gasteiger partial charge in [0.2, 0.25) is 5.91 Å². The van der Waals surface area contributed by atoms with Crippen molar-refractivity contribution in [1.82, 2.24) is 4.90 Å². The molecule has 4 nitrogen and oxygen atoms in total. The van der Waals surface area contributed by atoms with Crippen LogP contribution in [0.25, 0.3) is 0 Å². The Hall–Kier alpha value is -1.81. The molecule has 0 radical (unpaired) electrons. The molecule has 0 spiro atoms. The first-order valence-electron chi connectivity index (χ1n) is 8.70. The van der Waals surface area contributed by atoms with Crippen molar-refractivity contribution >= 4 is 29.1 Å². The number of rotatable bonds is 3. The van der Waals surface area contributed by atoms with E-state index in [9.17, 15) is 9.59 Å². The molecule has 1 N–H and O–H groups in total. The fraction of sp³-hybridized carbons (Fsp3) is 0.474. The Bertz CT molecular complexity index is 709. The van der Waals surface area contributed by atoms with Gasteiger partial charge in [0.1, 0.15) is 0 Å². The maximum absolute atomic E-state index is 12.6. The van der Waals surface area contributed by atoms with Crippen molar-refractivity contribution in [3.63, 3.8) is 0 Å². The maximum Gasteiger partial charge on any atom is 0.253 e. The van der Waals surface area contributed by atoms with Crippen LogP contribution in [-0.4, -0.2) is 29.8 Å². The lowest BCUT2D eigenvalue weighted by molar-refractivity contribution is -0.120. The van der Waals surface area contributed by atoms with E-state index in [1.807, 2.05) is 4.90 Å². The number of fused-ring (bicyclic) bond motifs is 2. The van der Waals surface area contributed by atoms with Gasteiger partial charge in [-0.2, -0.15) is 0 Å². The van der Waals surface area contributed by atoms with E-state index in [1.165, 1.54) is 0 Å². The van der Waals surface area contributed by atoms with E-state index in [4.69, 9.17) is 11.6 Å². The van der Waals surface area contributed by atoms with Crippen LogP contribution >= 0.6 is 11.6 Å². The molecule has 3 atom stereocenters. The number of carbonyl (C=O) groups is 2. The molecule has 1 aromatic rings. The van der Waals surface area contributed by atoms with Crippen LogP contribution in [0.1, 0.15) is 36.0 Å². The Balaban J connectivity index is 1.50. The second kappa shape index (κ2) is 6.25. The summed E-state index contributed by atoms with van der Waals surface area (Å²) >= 11 is 6.24. The Labute approximate surface area is 146 Å². The number of nitrogens with zero attached hydrogens (tertiary/aromatic N) is 1. The number of halogens is 1. The van der Waals surface area contributed by atoms with E-state index in [0.717, 1.165) is 38.8 Å². The first-order chi connectivity index (χ1) is 11.6. The molecular formula is C19H21ClN2O2. The SMILES string of the molecule is O=C(Nc1cc(C(=O)N2CCCC2)ccc1Cl)[C@H]1C[C@H]2C=C[C@@H]1C2. The van der Waals surface area contributed by atoms with Crippen molar-refractivity contribution < 1.29 is 9.59 Å². The van der Waals surface area contributed by atoms with Gasteiger partial charge >= 0.3 is 0 Å². The van der Waals surface area contributed by atoms with Crippen molar-refractivity contribution in [1.29, 1.82) is 0 Å². The highest BCUT2D eigenvalue weighted by molar-refractivity contribution is 6.34. The van der Waals surface area contributed by atoms with Gasteiger partial charge in [-0.15, -0.1) is 0 Å². The summed E-state index contributed by atoms with van der Waals surface area (Å²) in [5, 5.41) is 3.42. The number of amides is 2. The Kier molecular flexibility index (Phi) is 4.09. The smallest absolute Gasteiger partial charge is 0.253 e. The number of benzene rings is 1. The minimum atomic E-state index is 0.0134. The number of hydrogen-bond donors (Lipinski definition) is 1. The molecule has 1 aliphatic heterocycles. The molecule has 2 bridgehead atoms. The highest BCUT2D eigenvalue weighted by Gasteiger charge is 2.39. The first-order valence-corrected chi connectivity index (χ1v) is 9.07. The summed E-state index contributed by atoms with van der Waals surface area (Å²) in [6.45, 7) is 1.61. The number of hydrogen-bond acceptors (Lipinski definition) is 2. The molecule has 1 saturated carbocycles. The van der Waals surface area contributed by atoms with Gasteiger partial charge < -0.3 is 10.2 Å². The fourth-order valence-corrected chi connectivity index (χ4v) is 4.33. The predicted molar refractivity (Wildman–Crippen MR) is 94.1 cm³/mol. The van der Waals surface area contributed by atoms with Crippen molar-refractivity contribution in [2.45, 2.75) is 25.7 Å². The molecule has 2 fully saturated rings. The zero-order chi connectivity index (χ0) is 16.7. The van der Waals surface area contributed by atoms with Crippen LogP contribution in [0, 0.1) is 17.8 Å². The van der Waals surface area contributed by atoms with Crippen LogP contribution in [0.4, 0.5) is 5.69 Å². The van der Waals surface area contributed by atoms with E-state index in [2.05, 4.69) is 17.5 Å². The number of likely N-dealkylation sites (tertiary alicyclic amines) is 1. The van der Waals surface area contributed by atoms with E-state index in [1.54, 1.807) is 18.2 Å². The van der Waals surface area contributed by atoms with Crippen LogP contribution in [0.2, 0.25) is 5.02 Å². The van der Waals surface area contributed by atoms with E-state index >= 15 is 0 Å². The highest BCUT2D eigenvalue weighted by Crippen LogP contribution is 2.44. The normalized spacial score (nSPS) is 27.7. The summed E-state index contributed by atoms with van der Waals surface area (Å²) in [5.41, 5.74) is 1.13. The molecule has 126 valence electrons. The van der Waals surface area contributed by atoms with Crippen molar-refractivity contribution in [3.05, 3.63) is 40.9 Å². The van der Waals surface area contributed by atoms with Gasteiger partial charge in [0.15, 0.2) is 0 Å². The minimum absolute atomic E-state index is 0.0134. The quantitative estimate of drug-likeness (QED) is 0.849. The zero-order valence-electron chi connectivity index (χ0n) is 13.5. The molecule has 2 amide bonds. The summed E-state index contributed by atoms with van der Waals surface area (Å²) in [4.78, 5) is 27.0. The summed E-state index contributed by atoms with van der Waals surface area (Å²) in [6, 6.07) is 5.14. The van der Waals surface area contributed by atoms with Gasteiger partial charge in [-0.05, 0) is 55.7 Å². The second-order valence-corrected chi connectivity index (χ2v) is 7.48. The lowest BCUT2D eigenvalue weighted by Gasteiger charge is -2.19. The van der Waals surface area contributed by atoms with E-state index < -0.39 is 0 Å². The molecule has 2 aliphatic carbocycles. The van der Waals surface area contributed by atoms with Crippen LogP contribution in [0.15, 0.2) is 30.4 Å². The first kappa shape index (κ1) is 15.7. The lowest BCUT2D eigenvalue weighted by atomic mass is 9.93. The molecule has 1 heterocycles. The zero-order valence-corrected chi connectivity index (χ0v) is 14.3. The summed E-state index contributed by atoms with van der Waals surface area (Å²) < 4.78 is 0. The topological polar surface area (TPSA) is 49.4 Å². The molecule has 24 heavy (non-hydrogen) atoms. The van der Waals surface area contributed by atoms with Gasteiger partial charge in [-0.1, -0.05) is 23.8 Å². The van der Waals surface area contributed by atoms with Crippen LogP contribution < -0.4 is 5.32 Å². The molecule has 0 aromatic heterocycles. The van der Waals surface area contributed by atoms with Crippen molar-refractivity contribution in [2.24, 2.45) is 17.8 Å². The standard InChI is InChI=1S/C19H21ClN2O2/c20-16-6-5-14(19(24)22-7-1-2-8-22)11-17(16)21-18(23)15-10-12-3-4-13(15)9-12/h3-6,11-13,15H,1-2,7-10H2,(H,21,23)/t12-,13+,15-/m0/s1. The molecule has 4 rings (SSSR count). The number of anilines is 1. The molecule has 0 unspecified atom stereocenters. The maximum atomic E-state index is 12.6. The van der Waals surface area contributed by atoms with Crippen LogP contribution in [0.5, 0.6) is 0 Å². The molecule has 5 heteroatoms. The molecule has 3 aliphatic rings. The largest absolute Gasteiger partial charge is 0.339 e. The van der Waals surface area contributed by atoms with Crippen molar-refractivity contribution in [3.8, 4) is 0 Å². The number of allylic oxidation sites excluding steroid dienone is 2.